The molecule has 0 spiro atoms. The van der Waals surface area contributed by atoms with Gasteiger partial charge in [0.15, 0.2) is 0 Å². The van der Waals surface area contributed by atoms with Gasteiger partial charge in [-0.2, -0.15) is 0 Å². The lowest BCUT2D eigenvalue weighted by Crippen LogP contribution is -2.35. The summed E-state index contributed by atoms with van der Waals surface area (Å²) in [6, 6.07) is 5.82. The summed E-state index contributed by atoms with van der Waals surface area (Å²) in [5, 5.41) is 12.8. The fraction of sp³-hybridized carbons (Fsp3) is 0.625. The maximum Gasteiger partial charge on any atom is 0.220 e. The van der Waals surface area contributed by atoms with Crippen LogP contribution in [0.15, 0.2) is 24.4 Å². The molecule has 1 aromatic rings. The second-order valence-corrected chi connectivity index (χ2v) is 5.59. The second-order valence-electron chi connectivity index (χ2n) is 5.59. The summed E-state index contributed by atoms with van der Waals surface area (Å²) in [6.45, 7) is 0.396. The van der Waals surface area contributed by atoms with Crippen LogP contribution in [-0.4, -0.2) is 28.6 Å². The standard InChI is InChI=1S/C16H24N2O2/c19-15(13-6-1-2-7-13)12-18-16(20)10-5-9-14-8-3-4-11-17-14/h3-4,8,11,13,15,19H,1-2,5-7,9-10,12H2,(H,18,20). The molecule has 0 aliphatic heterocycles. The van der Waals surface area contributed by atoms with E-state index in [0.717, 1.165) is 31.4 Å². The van der Waals surface area contributed by atoms with Crippen molar-refractivity contribution < 1.29 is 9.90 Å². The van der Waals surface area contributed by atoms with Gasteiger partial charge in [0.25, 0.3) is 0 Å². The molecule has 1 aliphatic carbocycles. The fourth-order valence-electron chi connectivity index (χ4n) is 2.79. The number of aryl methyl sites for hydroxylation is 1. The Labute approximate surface area is 120 Å². The number of aliphatic hydroxyl groups excluding tert-OH is 1. The predicted molar refractivity (Wildman–Crippen MR) is 78.1 cm³/mol. The van der Waals surface area contributed by atoms with Crippen molar-refractivity contribution in [3.05, 3.63) is 30.1 Å². The summed E-state index contributed by atoms with van der Waals surface area (Å²) in [6.07, 6.45) is 8.10. The van der Waals surface area contributed by atoms with E-state index in [1.54, 1.807) is 6.20 Å². The average Bonchev–Trinajstić information content (AvgIpc) is 3.00. The Kier molecular flexibility index (Phi) is 5.99. The molecule has 1 heterocycles. The van der Waals surface area contributed by atoms with E-state index < -0.39 is 0 Å². The molecular formula is C16H24N2O2. The maximum atomic E-state index is 11.7. The molecular weight excluding hydrogens is 252 g/mol. The van der Waals surface area contributed by atoms with Crippen LogP contribution in [0.4, 0.5) is 0 Å². The number of carbonyl (C=O) groups is 1. The highest BCUT2D eigenvalue weighted by Crippen LogP contribution is 2.27. The summed E-state index contributed by atoms with van der Waals surface area (Å²) in [5.41, 5.74) is 1.02. The minimum Gasteiger partial charge on any atom is -0.391 e. The Morgan fingerprint density at radius 1 is 1.40 bits per heavy atom. The van der Waals surface area contributed by atoms with Crippen molar-refractivity contribution in [1.29, 1.82) is 0 Å². The van der Waals surface area contributed by atoms with Crippen molar-refractivity contribution in [3.63, 3.8) is 0 Å². The third kappa shape index (κ3) is 4.93. The molecule has 110 valence electrons. The summed E-state index contributed by atoms with van der Waals surface area (Å²) in [7, 11) is 0. The molecule has 0 bridgehead atoms. The van der Waals surface area contributed by atoms with Crippen LogP contribution < -0.4 is 5.32 Å². The van der Waals surface area contributed by atoms with Gasteiger partial charge in [-0.05, 0) is 43.7 Å². The molecule has 1 aromatic heterocycles. The zero-order valence-electron chi connectivity index (χ0n) is 11.9. The Morgan fingerprint density at radius 3 is 2.90 bits per heavy atom. The zero-order chi connectivity index (χ0) is 14.2. The molecule has 0 aromatic carbocycles. The Hall–Kier alpha value is -1.42. The van der Waals surface area contributed by atoms with Crippen molar-refractivity contribution >= 4 is 5.91 Å². The van der Waals surface area contributed by atoms with Crippen molar-refractivity contribution in [2.75, 3.05) is 6.54 Å². The molecule has 2 N–H and O–H groups in total. The molecule has 20 heavy (non-hydrogen) atoms. The first-order chi connectivity index (χ1) is 9.75. The Balaban J connectivity index is 1.58. The number of nitrogens with zero attached hydrogens (tertiary/aromatic N) is 1. The monoisotopic (exact) mass is 276 g/mol. The Morgan fingerprint density at radius 2 is 2.20 bits per heavy atom. The number of amides is 1. The van der Waals surface area contributed by atoms with Gasteiger partial charge in [0.1, 0.15) is 0 Å². The van der Waals surface area contributed by atoms with E-state index in [0.29, 0.717) is 18.9 Å². The normalized spacial score (nSPS) is 17.1. The van der Waals surface area contributed by atoms with Crippen LogP contribution in [0, 0.1) is 5.92 Å². The van der Waals surface area contributed by atoms with Gasteiger partial charge in [-0.25, -0.2) is 0 Å². The van der Waals surface area contributed by atoms with Crippen LogP contribution in [-0.2, 0) is 11.2 Å². The largest absolute Gasteiger partial charge is 0.391 e. The van der Waals surface area contributed by atoms with E-state index in [9.17, 15) is 9.90 Å². The predicted octanol–water partition coefficient (Wildman–Crippen LogP) is 2.07. The van der Waals surface area contributed by atoms with Gasteiger partial charge in [0.05, 0.1) is 6.10 Å². The third-order valence-corrected chi connectivity index (χ3v) is 4.02. The van der Waals surface area contributed by atoms with E-state index in [4.69, 9.17) is 0 Å². The van der Waals surface area contributed by atoms with Gasteiger partial charge < -0.3 is 10.4 Å². The van der Waals surface area contributed by atoms with Crippen LogP contribution in [0.5, 0.6) is 0 Å². The minimum absolute atomic E-state index is 0.0259. The zero-order valence-corrected chi connectivity index (χ0v) is 11.9. The lowest BCUT2D eigenvalue weighted by atomic mass is 10.0. The van der Waals surface area contributed by atoms with Crippen LogP contribution in [0.3, 0.4) is 0 Å². The fourth-order valence-corrected chi connectivity index (χ4v) is 2.79. The number of aromatic nitrogens is 1. The molecule has 1 saturated carbocycles. The average molecular weight is 276 g/mol. The second kappa shape index (κ2) is 8.00. The molecule has 1 atom stereocenters. The van der Waals surface area contributed by atoms with Crippen molar-refractivity contribution in [2.45, 2.75) is 51.0 Å². The SMILES string of the molecule is O=C(CCCc1ccccn1)NCC(O)C1CCCC1. The number of pyridine rings is 1. The lowest BCUT2D eigenvalue weighted by molar-refractivity contribution is -0.121. The van der Waals surface area contributed by atoms with E-state index >= 15 is 0 Å². The summed E-state index contributed by atoms with van der Waals surface area (Å²) in [4.78, 5) is 15.9. The van der Waals surface area contributed by atoms with Crippen molar-refractivity contribution in [1.82, 2.24) is 10.3 Å². The molecule has 4 heteroatoms. The first-order valence-electron chi connectivity index (χ1n) is 7.60. The van der Waals surface area contributed by atoms with Crippen LogP contribution in [0.2, 0.25) is 0 Å². The van der Waals surface area contributed by atoms with Crippen molar-refractivity contribution in [2.24, 2.45) is 5.92 Å². The lowest BCUT2D eigenvalue weighted by Gasteiger charge is -2.18. The number of hydrogen-bond acceptors (Lipinski definition) is 3. The van der Waals surface area contributed by atoms with Gasteiger partial charge in [-0.1, -0.05) is 18.9 Å². The Bertz CT molecular complexity index is 402. The molecule has 1 aliphatic rings. The van der Waals surface area contributed by atoms with Gasteiger partial charge in [0, 0.05) is 24.9 Å². The molecule has 0 saturated heterocycles. The minimum atomic E-state index is -0.378. The van der Waals surface area contributed by atoms with Gasteiger partial charge in [-0.15, -0.1) is 0 Å². The van der Waals surface area contributed by atoms with E-state index in [1.165, 1.54) is 12.8 Å². The van der Waals surface area contributed by atoms with Crippen LogP contribution in [0.25, 0.3) is 0 Å². The molecule has 1 amide bonds. The number of hydrogen-bond donors (Lipinski definition) is 2. The van der Waals surface area contributed by atoms with Crippen LogP contribution in [0.1, 0.15) is 44.2 Å². The first-order valence-corrected chi connectivity index (χ1v) is 7.60. The smallest absolute Gasteiger partial charge is 0.220 e. The topological polar surface area (TPSA) is 62.2 Å². The summed E-state index contributed by atoms with van der Waals surface area (Å²) < 4.78 is 0. The highest BCUT2D eigenvalue weighted by atomic mass is 16.3. The molecule has 1 fully saturated rings. The number of rotatable bonds is 7. The van der Waals surface area contributed by atoms with E-state index in [-0.39, 0.29) is 12.0 Å². The molecule has 0 radical (unpaired) electrons. The van der Waals surface area contributed by atoms with Crippen LogP contribution >= 0.6 is 0 Å². The van der Waals surface area contributed by atoms with Crippen molar-refractivity contribution in [3.8, 4) is 0 Å². The summed E-state index contributed by atoms with van der Waals surface area (Å²) in [5.74, 6) is 0.404. The molecule has 1 unspecified atom stereocenters. The number of aliphatic hydroxyl groups is 1. The van der Waals surface area contributed by atoms with E-state index in [1.807, 2.05) is 18.2 Å². The summed E-state index contributed by atoms with van der Waals surface area (Å²) >= 11 is 0. The van der Waals surface area contributed by atoms with Gasteiger partial charge >= 0.3 is 0 Å². The molecule has 2 rings (SSSR count). The number of nitrogens with one attached hydrogen (secondary N) is 1. The van der Waals surface area contributed by atoms with Gasteiger partial charge in [-0.3, -0.25) is 9.78 Å². The highest BCUT2D eigenvalue weighted by Gasteiger charge is 2.23. The first kappa shape index (κ1) is 15.0. The molecule has 4 nitrogen and oxygen atoms in total. The number of carbonyl (C=O) groups excluding carboxylic acids is 1. The third-order valence-electron chi connectivity index (χ3n) is 4.02. The van der Waals surface area contributed by atoms with E-state index in [2.05, 4.69) is 10.3 Å². The quantitative estimate of drug-likeness (QED) is 0.801. The highest BCUT2D eigenvalue weighted by molar-refractivity contribution is 5.75. The van der Waals surface area contributed by atoms with Gasteiger partial charge in [0.2, 0.25) is 5.91 Å². The maximum absolute atomic E-state index is 11.7.